The van der Waals surface area contributed by atoms with Crippen LogP contribution in [0.1, 0.15) is 107 Å². The highest BCUT2D eigenvalue weighted by Gasteiger charge is 2.60. The number of hydrogen-bond donors (Lipinski definition) is 1. The normalized spacial score (nSPS) is 43.4. The molecule has 2 heteroatoms. The van der Waals surface area contributed by atoms with Gasteiger partial charge in [0.15, 0.2) is 0 Å². The van der Waals surface area contributed by atoms with E-state index in [2.05, 4.69) is 66.8 Å². The number of fused-ring (bicyclic) bond motifs is 5. The third kappa shape index (κ3) is 4.02. The number of piperidine rings is 1. The molecular formula is C28H49NO. The van der Waals surface area contributed by atoms with Crippen molar-refractivity contribution in [2.45, 2.75) is 107 Å². The molecule has 4 aliphatic rings. The van der Waals surface area contributed by atoms with Gasteiger partial charge in [-0.3, -0.25) is 4.79 Å². The van der Waals surface area contributed by atoms with Gasteiger partial charge in [0.25, 0.3) is 0 Å². The van der Waals surface area contributed by atoms with Gasteiger partial charge in [0.1, 0.15) is 0 Å². The summed E-state index contributed by atoms with van der Waals surface area (Å²) in [5, 5.41) is 3.25. The molecular weight excluding hydrogens is 366 g/mol. The minimum atomic E-state index is 0.209. The minimum Gasteiger partial charge on any atom is -0.330 e. The summed E-state index contributed by atoms with van der Waals surface area (Å²) in [7, 11) is 0. The average Bonchev–Trinajstić information content (AvgIpc) is 3.06. The predicted octanol–water partition coefficient (Wildman–Crippen LogP) is 7.59. The molecule has 0 aromatic rings. The van der Waals surface area contributed by atoms with Gasteiger partial charge in [0, 0.05) is 17.5 Å². The highest BCUT2D eigenvalue weighted by Crippen LogP contribution is 2.67. The van der Waals surface area contributed by atoms with E-state index in [1.54, 1.807) is 0 Å². The van der Waals surface area contributed by atoms with Gasteiger partial charge in [-0.05, 0) is 78.9 Å². The fourth-order valence-corrected chi connectivity index (χ4v) is 7.79. The van der Waals surface area contributed by atoms with E-state index in [0.29, 0.717) is 17.8 Å². The zero-order chi connectivity index (χ0) is 22.3. The fourth-order valence-electron chi connectivity index (χ4n) is 7.79. The van der Waals surface area contributed by atoms with E-state index in [9.17, 15) is 4.79 Å². The van der Waals surface area contributed by atoms with Crippen molar-refractivity contribution in [3.05, 3.63) is 11.8 Å². The minimum absolute atomic E-state index is 0.209. The van der Waals surface area contributed by atoms with E-state index in [0.717, 1.165) is 41.9 Å². The summed E-state index contributed by atoms with van der Waals surface area (Å²) in [4.78, 5) is 12.0. The monoisotopic (exact) mass is 415 g/mol. The van der Waals surface area contributed by atoms with Gasteiger partial charge in [-0.1, -0.05) is 74.3 Å². The zero-order valence-corrected chi connectivity index (χ0v) is 21.2. The molecule has 8 atom stereocenters. The van der Waals surface area contributed by atoms with Crippen molar-refractivity contribution in [2.24, 2.45) is 52.3 Å². The van der Waals surface area contributed by atoms with Crippen LogP contribution in [0.25, 0.3) is 0 Å². The van der Waals surface area contributed by atoms with Crippen LogP contribution in [0.2, 0.25) is 0 Å². The van der Waals surface area contributed by atoms with Crippen molar-refractivity contribution < 1.29 is 4.79 Å². The van der Waals surface area contributed by atoms with Crippen LogP contribution in [0.5, 0.6) is 0 Å². The maximum absolute atomic E-state index is 12.0. The van der Waals surface area contributed by atoms with Gasteiger partial charge in [-0.2, -0.15) is 0 Å². The first kappa shape index (κ1) is 23.9. The maximum Gasteiger partial charge on any atom is 0.224 e. The van der Waals surface area contributed by atoms with E-state index in [1.807, 2.05) is 0 Å². The second kappa shape index (κ2) is 8.99. The maximum atomic E-state index is 12.0. The molecule has 0 radical (unpaired) electrons. The summed E-state index contributed by atoms with van der Waals surface area (Å²) in [6.45, 7) is 19.0. The Morgan fingerprint density at radius 2 is 1.70 bits per heavy atom. The topological polar surface area (TPSA) is 29.1 Å². The molecule has 1 aliphatic heterocycles. The second-order valence-electron chi connectivity index (χ2n) is 12.1. The second-order valence-corrected chi connectivity index (χ2v) is 12.1. The average molecular weight is 416 g/mol. The van der Waals surface area contributed by atoms with E-state index in [4.69, 9.17) is 0 Å². The molecule has 0 spiro atoms. The van der Waals surface area contributed by atoms with E-state index in [1.165, 1.54) is 44.2 Å². The number of rotatable bonds is 3. The lowest BCUT2D eigenvalue weighted by atomic mass is 9.46. The van der Waals surface area contributed by atoms with Crippen LogP contribution in [-0.2, 0) is 4.79 Å². The molecule has 1 N–H and O–H groups in total. The summed E-state index contributed by atoms with van der Waals surface area (Å²) in [6, 6.07) is 0. The summed E-state index contributed by atoms with van der Waals surface area (Å²) >= 11 is 0. The van der Waals surface area contributed by atoms with Gasteiger partial charge < -0.3 is 5.32 Å². The molecule has 0 aromatic carbocycles. The van der Waals surface area contributed by atoms with Gasteiger partial charge in [0.05, 0.1) is 0 Å². The number of carbonyl (C=O) groups excluding carboxylic acids is 1. The Bertz CT molecular complexity index is 651. The van der Waals surface area contributed by atoms with Crippen LogP contribution in [0.15, 0.2) is 11.8 Å². The molecule has 0 bridgehead atoms. The molecule has 30 heavy (non-hydrogen) atoms. The molecule has 3 aliphatic carbocycles. The predicted molar refractivity (Wildman–Crippen MR) is 128 cm³/mol. The Morgan fingerprint density at radius 1 is 1.03 bits per heavy atom. The number of hydrogen-bond acceptors (Lipinski definition) is 1. The first-order valence-electron chi connectivity index (χ1n) is 13.1. The van der Waals surface area contributed by atoms with E-state index in [-0.39, 0.29) is 11.3 Å². The Balaban J connectivity index is 0.000000461. The SMILES string of the molecule is CCC(C)C.CCC(C)C1CCC2C3C(C)C=C4NC(=O)CC[C@]4(C)C3CC[C@]12C. The Labute approximate surface area is 187 Å². The standard InChI is InChI=1S/C23H37NO.C5H12/c1-6-14(2)16-7-8-17-21-15(3)13-19-23(5,12-10-20(25)24-19)18(21)9-11-22(16,17)4;1-4-5(2)3/h13-18,21H,6-12H2,1-5H3,(H,24,25);5H,4H2,1-3H3/t14?,15?,16?,17?,18?,21?,22-,23-;/m1./s1. The van der Waals surface area contributed by atoms with Crippen LogP contribution in [0.3, 0.4) is 0 Å². The summed E-state index contributed by atoms with van der Waals surface area (Å²) in [6.07, 6.45) is 12.5. The van der Waals surface area contributed by atoms with Crippen molar-refractivity contribution in [3.8, 4) is 0 Å². The lowest BCUT2D eigenvalue weighted by molar-refractivity contribution is -0.126. The van der Waals surface area contributed by atoms with E-state index >= 15 is 0 Å². The van der Waals surface area contributed by atoms with Crippen molar-refractivity contribution in [3.63, 3.8) is 0 Å². The molecule has 2 saturated carbocycles. The molecule has 172 valence electrons. The fraction of sp³-hybridized carbons (Fsp3) is 0.893. The summed E-state index contributed by atoms with van der Waals surface area (Å²) < 4.78 is 0. The number of carbonyl (C=O) groups is 1. The molecule has 0 aromatic heterocycles. The molecule has 2 nitrogen and oxygen atoms in total. The quantitative estimate of drug-likeness (QED) is 0.505. The Hall–Kier alpha value is -0.790. The summed E-state index contributed by atoms with van der Waals surface area (Å²) in [5.41, 5.74) is 2.02. The zero-order valence-electron chi connectivity index (χ0n) is 21.2. The van der Waals surface area contributed by atoms with E-state index < -0.39 is 0 Å². The molecule has 1 heterocycles. The van der Waals surface area contributed by atoms with Crippen LogP contribution < -0.4 is 5.32 Å². The van der Waals surface area contributed by atoms with Crippen molar-refractivity contribution in [1.29, 1.82) is 0 Å². The van der Waals surface area contributed by atoms with Crippen LogP contribution in [0, 0.1) is 52.3 Å². The van der Waals surface area contributed by atoms with Gasteiger partial charge in [0.2, 0.25) is 5.91 Å². The number of amides is 1. The number of nitrogens with one attached hydrogen (secondary N) is 1. The molecule has 1 saturated heterocycles. The third-order valence-corrected chi connectivity index (χ3v) is 10.2. The molecule has 6 unspecified atom stereocenters. The van der Waals surface area contributed by atoms with Crippen molar-refractivity contribution in [1.82, 2.24) is 5.32 Å². The van der Waals surface area contributed by atoms with Gasteiger partial charge >= 0.3 is 0 Å². The molecule has 1 amide bonds. The van der Waals surface area contributed by atoms with Crippen molar-refractivity contribution >= 4 is 5.91 Å². The highest BCUT2D eigenvalue weighted by atomic mass is 16.1. The Kier molecular flexibility index (Phi) is 7.15. The largest absolute Gasteiger partial charge is 0.330 e. The van der Waals surface area contributed by atoms with Crippen LogP contribution >= 0.6 is 0 Å². The highest BCUT2D eigenvalue weighted by molar-refractivity contribution is 5.79. The van der Waals surface area contributed by atoms with Gasteiger partial charge in [-0.25, -0.2) is 0 Å². The van der Waals surface area contributed by atoms with Crippen LogP contribution in [-0.4, -0.2) is 5.91 Å². The lowest BCUT2D eigenvalue weighted by Crippen LogP contribution is -2.55. The number of allylic oxidation sites excluding steroid dienone is 2. The smallest absolute Gasteiger partial charge is 0.224 e. The first-order valence-corrected chi connectivity index (χ1v) is 13.1. The Morgan fingerprint density at radius 3 is 2.30 bits per heavy atom. The lowest BCUT2D eigenvalue weighted by Gasteiger charge is -2.59. The summed E-state index contributed by atoms with van der Waals surface area (Å²) in [5.74, 6) is 5.96. The molecule has 4 rings (SSSR count). The third-order valence-electron chi connectivity index (χ3n) is 10.2. The van der Waals surface area contributed by atoms with Gasteiger partial charge in [-0.15, -0.1) is 0 Å². The first-order chi connectivity index (χ1) is 14.1. The van der Waals surface area contributed by atoms with Crippen LogP contribution in [0.4, 0.5) is 0 Å². The van der Waals surface area contributed by atoms with Crippen molar-refractivity contribution in [2.75, 3.05) is 0 Å². The molecule has 3 fully saturated rings.